The Hall–Kier alpha value is -3.08. The fraction of sp³-hybridized carbons (Fsp3) is 0.304. The van der Waals surface area contributed by atoms with Gasteiger partial charge in [0.15, 0.2) is 17.3 Å². The first kappa shape index (κ1) is 24.1. The van der Waals surface area contributed by atoms with Crippen LogP contribution >= 0.6 is 11.6 Å². The van der Waals surface area contributed by atoms with Crippen molar-refractivity contribution in [2.45, 2.75) is 31.6 Å². The number of sulfonamides is 1. The highest BCUT2D eigenvalue weighted by Crippen LogP contribution is 2.35. The van der Waals surface area contributed by atoms with Crippen LogP contribution in [0.4, 0.5) is 23.1 Å². The number of anilines is 4. The van der Waals surface area contributed by atoms with Gasteiger partial charge in [-0.15, -0.1) is 0 Å². The Morgan fingerprint density at radius 3 is 2.44 bits per heavy atom. The number of hydrogen-bond donors (Lipinski definition) is 3. The molecule has 1 fully saturated rings. The Labute approximate surface area is 203 Å². The lowest BCUT2D eigenvalue weighted by Gasteiger charge is -2.14. The van der Waals surface area contributed by atoms with E-state index in [-0.39, 0.29) is 11.8 Å². The van der Waals surface area contributed by atoms with Crippen molar-refractivity contribution < 1.29 is 17.9 Å². The van der Waals surface area contributed by atoms with Gasteiger partial charge >= 0.3 is 0 Å². The first-order chi connectivity index (χ1) is 16.3. The van der Waals surface area contributed by atoms with Crippen LogP contribution in [0.3, 0.4) is 0 Å². The molecule has 34 heavy (non-hydrogen) atoms. The second-order valence-corrected chi connectivity index (χ2v) is 10.4. The Morgan fingerprint density at radius 1 is 1.06 bits per heavy atom. The summed E-state index contributed by atoms with van der Waals surface area (Å²) < 4.78 is 37.4. The van der Waals surface area contributed by atoms with Crippen molar-refractivity contribution in [1.29, 1.82) is 0 Å². The van der Waals surface area contributed by atoms with E-state index in [9.17, 15) is 8.42 Å². The van der Waals surface area contributed by atoms with E-state index in [0.29, 0.717) is 28.3 Å². The zero-order valence-corrected chi connectivity index (χ0v) is 20.6. The van der Waals surface area contributed by atoms with Crippen molar-refractivity contribution in [1.82, 2.24) is 14.7 Å². The number of halogens is 1. The molecule has 1 aliphatic rings. The van der Waals surface area contributed by atoms with E-state index in [1.54, 1.807) is 20.3 Å². The molecule has 1 saturated carbocycles. The van der Waals surface area contributed by atoms with Crippen molar-refractivity contribution in [3.8, 4) is 11.5 Å². The summed E-state index contributed by atoms with van der Waals surface area (Å²) in [6.07, 6.45) is 2.98. The van der Waals surface area contributed by atoms with Crippen LogP contribution in [0.15, 0.2) is 42.6 Å². The number of rotatable bonds is 10. The third-order valence-electron chi connectivity index (χ3n) is 5.32. The van der Waals surface area contributed by atoms with Gasteiger partial charge in [0, 0.05) is 24.0 Å². The van der Waals surface area contributed by atoms with Crippen LogP contribution in [-0.4, -0.2) is 37.9 Å². The monoisotopic (exact) mass is 503 g/mol. The van der Waals surface area contributed by atoms with Gasteiger partial charge in [-0.05, 0) is 49.1 Å². The van der Waals surface area contributed by atoms with Gasteiger partial charge in [0.2, 0.25) is 16.0 Å². The Balaban J connectivity index is 1.45. The molecule has 0 unspecified atom stereocenters. The van der Waals surface area contributed by atoms with Crippen molar-refractivity contribution in [2.24, 2.45) is 0 Å². The zero-order chi connectivity index (χ0) is 24.3. The molecule has 0 atom stereocenters. The number of nitrogens with one attached hydrogen (secondary N) is 3. The number of nitrogens with zero attached hydrogens (tertiary/aromatic N) is 2. The van der Waals surface area contributed by atoms with Gasteiger partial charge < -0.3 is 20.1 Å². The van der Waals surface area contributed by atoms with E-state index >= 15 is 0 Å². The first-order valence-electron chi connectivity index (χ1n) is 10.7. The summed E-state index contributed by atoms with van der Waals surface area (Å²) in [5.74, 6) is 2.04. The maximum atomic E-state index is 12.0. The summed E-state index contributed by atoms with van der Waals surface area (Å²) in [7, 11) is -0.0400. The molecule has 2 aromatic carbocycles. The van der Waals surface area contributed by atoms with E-state index in [2.05, 4.69) is 25.3 Å². The van der Waals surface area contributed by atoms with Crippen LogP contribution in [0.25, 0.3) is 0 Å². The predicted octanol–water partition coefficient (Wildman–Crippen LogP) is 4.52. The largest absolute Gasteiger partial charge is 0.493 e. The molecule has 180 valence electrons. The summed E-state index contributed by atoms with van der Waals surface area (Å²) in [4.78, 5) is 8.73. The molecule has 4 rings (SSSR count). The topological polar surface area (TPSA) is 114 Å². The summed E-state index contributed by atoms with van der Waals surface area (Å²) in [6.45, 7) is 2.18. The molecule has 0 bridgehead atoms. The molecule has 3 N–H and O–H groups in total. The minimum atomic E-state index is -3.21. The minimum absolute atomic E-state index is 0.237. The maximum Gasteiger partial charge on any atom is 0.229 e. The maximum absolute atomic E-state index is 12.0. The lowest BCUT2D eigenvalue weighted by molar-refractivity contribution is 0.353. The van der Waals surface area contributed by atoms with Crippen LogP contribution in [-0.2, 0) is 16.6 Å². The molecule has 0 radical (unpaired) electrons. The standard InChI is InChI=1S/C23H26ClN5O4S/c1-14-10-17(11-20(32-2)21(14)33-3)28-23-25-13-19(24)22(29-23)27-16-6-4-15(5-7-16)12-26-34(30,31)18-8-9-18/h4-7,10-11,13,18,26H,8-9,12H2,1-3H3,(H2,25,27,28,29). The van der Waals surface area contributed by atoms with Crippen LogP contribution in [0.1, 0.15) is 24.0 Å². The van der Waals surface area contributed by atoms with E-state index in [1.165, 1.54) is 6.20 Å². The predicted molar refractivity (Wildman–Crippen MR) is 133 cm³/mol. The minimum Gasteiger partial charge on any atom is -0.493 e. The first-order valence-corrected chi connectivity index (χ1v) is 12.6. The average Bonchev–Trinajstić information content (AvgIpc) is 3.67. The van der Waals surface area contributed by atoms with Crippen LogP contribution < -0.4 is 24.8 Å². The van der Waals surface area contributed by atoms with Gasteiger partial charge in [-0.1, -0.05) is 23.7 Å². The van der Waals surface area contributed by atoms with Crippen LogP contribution in [0.5, 0.6) is 11.5 Å². The molecule has 1 heterocycles. The van der Waals surface area contributed by atoms with Crippen LogP contribution in [0, 0.1) is 6.92 Å². The molecule has 0 spiro atoms. The highest BCUT2D eigenvalue weighted by molar-refractivity contribution is 7.90. The van der Waals surface area contributed by atoms with Gasteiger partial charge in [-0.25, -0.2) is 18.1 Å². The van der Waals surface area contributed by atoms with Crippen molar-refractivity contribution in [2.75, 3.05) is 24.9 Å². The lowest BCUT2D eigenvalue weighted by Crippen LogP contribution is -2.26. The Morgan fingerprint density at radius 2 is 1.79 bits per heavy atom. The van der Waals surface area contributed by atoms with Gasteiger partial charge in [0.05, 0.1) is 25.7 Å². The molecule has 1 aromatic heterocycles. The molecule has 9 nitrogen and oxygen atoms in total. The van der Waals surface area contributed by atoms with Gasteiger partial charge in [0.25, 0.3) is 0 Å². The average molecular weight is 504 g/mol. The Bertz CT molecular complexity index is 1280. The van der Waals surface area contributed by atoms with Crippen LogP contribution in [0.2, 0.25) is 5.02 Å². The smallest absolute Gasteiger partial charge is 0.229 e. The number of methoxy groups -OCH3 is 2. The van der Waals surface area contributed by atoms with E-state index in [1.807, 2.05) is 37.3 Å². The number of benzene rings is 2. The van der Waals surface area contributed by atoms with Gasteiger partial charge in [-0.3, -0.25) is 0 Å². The second-order valence-electron chi connectivity index (χ2n) is 7.93. The fourth-order valence-electron chi connectivity index (χ4n) is 3.39. The molecular weight excluding hydrogens is 478 g/mol. The number of aryl methyl sites for hydroxylation is 1. The molecule has 0 saturated heterocycles. The van der Waals surface area contributed by atoms with Crippen molar-refractivity contribution in [3.63, 3.8) is 0 Å². The van der Waals surface area contributed by atoms with Gasteiger partial charge in [-0.2, -0.15) is 4.98 Å². The third-order valence-corrected chi connectivity index (χ3v) is 7.49. The number of hydrogen-bond acceptors (Lipinski definition) is 8. The third kappa shape index (κ3) is 5.69. The Kier molecular flexibility index (Phi) is 7.11. The van der Waals surface area contributed by atoms with E-state index < -0.39 is 10.0 Å². The molecule has 0 amide bonds. The SMILES string of the molecule is COc1cc(Nc2ncc(Cl)c(Nc3ccc(CNS(=O)(=O)C4CC4)cc3)n2)cc(C)c1OC. The quantitative estimate of drug-likeness (QED) is 0.370. The summed E-state index contributed by atoms with van der Waals surface area (Å²) in [5, 5.41) is 6.45. The lowest BCUT2D eigenvalue weighted by atomic mass is 10.2. The van der Waals surface area contributed by atoms with Crippen molar-refractivity contribution >= 4 is 44.8 Å². The normalized spacial score (nSPS) is 13.4. The zero-order valence-electron chi connectivity index (χ0n) is 19.1. The molecule has 0 aliphatic heterocycles. The van der Waals surface area contributed by atoms with Crippen molar-refractivity contribution in [3.05, 3.63) is 58.7 Å². The highest BCUT2D eigenvalue weighted by atomic mass is 35.5. The van der Waals surface area contributed by atoms with E-state index in [4.69, 9.17) is 21.1 Å². The molecule has 11 heteroatoms. The summed E-state index contributed by atoms with van der Waals surface area (Å²) in [5.41, 5.74) is 3.25. The fourth-order valence-corrected chi connectivity index (χ4v) is 4.89. The summed E-state index contributed by atoms with van der Waals surface area (Å²) >= 11 is 6.30. The summed E-state index contributed by atoms with van der Waals surface area (Å²) in [6, 6.07) is 11.1. The molecule has 3 aromatic rings. The van der Waals surface area contributed by atoms with Gasteiger partial charge in [0.1, 0.15) is 5.02 Å². The van der Waals surface area contributed by atoms with E-state index in [0.717, 1.165) is 35.3 Å². The molecule has 1 aliphatic carbocycles. The highest BCUT2D eigenvalue weighted by Gasteiger charge is 2.35. The molecular formula is C23H26ClN5O4S. The number of aromatic nitrogens is 2. The number of ether oxygens (including phenoxy) is 2. The second kappa shape index (κ2) is 10.0.